The van der Waals surface area contributed by atoms with Crippen molar-refractivity contribution in [2.24, 2.45) is 0 Å². The molecule has 0 aliphatic heterocycles. The molecule has 1 aromatic carbocycles. The highest BCUT2D eigenvalue weighted by Crippen LogP contribution is 2.19. The van der Waals surface area contributed by atoms with Crippen LogP contribution in [-0.2, 0) is 0 Å². The number of benzene rings is 1. The van der Waals surface area contributed by atoms with Gasteiger partial charge in [-0.15, -0.1) is 5.10 Å². The fraction of sp³-hybridized carbons (Fsp3) is 0.625. The molecule has 0 spiro atoms. The van der Waals surface area contributed by atoms with E-state index in [-0.39, 0.29) is 6.17 Å². The molecule has 1 atom stereocenters. The lowest BCUT2D eigenvalue weighted by atomic mass is 10.2. The van der Waals surface area contributed by atoms with E-state index < -0.39 is 0 Å². The normalized spacial score (nSPS) is 13.2. The van der Waals surface area contributed by atoms with E-state index in [4.69, 9.17) is 0 Å². The SMILES string of the molecule is CCCCN(CCCC)C(C)n1nnc2ccccc21. The second-order valence-corrected chi connectivity index (χ2v) is 5.40. The lowest BCUT2D eigenvalue weighted by Gasteiger charge is -2.29. The van der Waals surface area contributed by atoms with E-state index in [2.05, 4.69) is 52.8 Å². The Morgan fingerprint density at radius 1 is 1.10 bits per heavy atom. The van der Waals surface area contributed by atoms with Gasteiger partial charge in [-0.3, -0.25) is 4.90 Å². The molecule has 0 amide bonds. The Kier molecular flexibility index (Phi) is 5.53. The second kappa shape index (κ2) is 7.39. The van der Waals surface area contributed by atoms with Gasteiger partial charge in [0.05, 0.1) is 5.52 Å². The summed E-state index contributed by atoms with van der Waals surface area (Å²) in [5.41, 5.74) is 2.10. The predicted molar refractivity (Wildman–Crippen MR) is 83.6 cm³/mol. The number of hydrogen-bond acceptors (Lipinski definition) is 3. The average Bonchev–Trinajstić information content (AvgIpc) is 2.91. The van der Waals surface area contributed by atoms with Crippen LogP contribution in [0.4, 0.5) is 0 Å². The molecule has 4 nitrogen and oxygen atoms in total. The number of hydrogen-bond donors (Lipinski definition) is 0. The maximum absolute atomic E-state index is 4.36. The zero-order valence-electron chi connectivity index (χ0n) is 12.9. The van der Waals surface area contributed by atoms with Crippen molar-refractivity contribution in [3.8, 4) is 0 Å². The highest BCUT2D eigenvalue weighted by atomic mass is 15.5. The van der Waals surface area contributed by atoms with Crippen LogP contribution in [0.25, 0.3) is 11.0 Å². The Hall–Kier alpha value is -1.42. The first-order chi connectivity index (χ1) is 9.77. The van der Waals surface area contributed by atoms with Crippen LogP contribution in [-0.4, -0.2) is 33.0 Å². The Morgan fingerprint density at radius 3 is 2.40 bits per heavy atom. The smallest absolute Gasteiger partial charge is 0.113 e. The van der Waals surface area contributed by atoms with Gasteiger partial charge in [-0.05, 0) is 31.9 Å². The largest absolute Gasteiger partial charge is 0.282 e. The monoisotopic (exact) mass is 274 g/mol. The Morgan fingerprint density at radius 2 is 1.75 bits per heavy atom. The molecular weight excluding hydrogens is 248 g/mol. The zero-order valence-corrected chi connectivity index (χ0v) is 12.9. The molecule has 0 fully saturated rings. The minimum absolute atomic E-state index is 0.264. The van der Waals surface area contributed by atoms with Crippen molar-refractivity contribution in [1.82, 2.24) is 19.9 Å². The van der Waals surface area contributed by atoms with Crippen LogP contribution >= 0.6 is 0 Å². The molecule has 2 aromatic rings. The molecule has 0 aliphatic carbocycles. The number of unbranched alkanes of at least 4 members (excludes halogenated alkanes) is 2. The van der Waals surface area contributed by atoms with Crippen LogP contribution < -0.4 is 0 Å². The van der Waals surface area contributed by atoms with E-state index in [0.29, 0.717) is 0 Å². The number of nitrogens with zero attached hydrogens (tertiary/aromatic N) is 4. The van der Waals surface area contributed by atoms with Gasteiger partial charge in [-0.25, -0.2) is 4.68 Å². The predicted octanol–water partition coefficient (Wildman–Crippen LogP) is 3.85. The lowest BCUT2D eigenvalue weighted by molar-refractivity contribution is 0.140. The standard InChI is InChI=1S/C16H26N4/c1-4-6-12-19(13-7-5-2)14(3)20-16-11-9-8-10-15(16)17-18-20/h8-11,14H,4-7,12-13H2,1-3H3. The lowest BCUT2D eigenvalue weighted by Crippen LogP contribution is -2.33. The second-order valence-electron chi connectivity index (χ2n) is 5.40. The maximum atomic E-state index is 4.36. The molecule has 0 aliphatic rings. The topological polar surface area (TPSA) is 34.0 Å². The Labute approximate surface area is 121 Å². The van der Waals surface area contributed by atoms with Crippen molar-refractivity contribution < 1.29 is 0 Å². The van der Waals surface area contributed by atoms with Crippen molar-refractivity contribution in [2.75, 3.05) is 13.1 Å². The zero-order chi connectivity index (χ0) is 14.4. The highest BCUT2D eigenvalue weighted by Gasteiger charge is 2.17. The van der Waals surface area contributed by atoms with Crippen molar-refractivity contribution in [3.63, 3.8) is 0 Å². The van der Waals surface area contributed by atoms with Gasteiger partial charge in [0.15, 0.2) is 0 Å². The minimum Gasteiger partial charge on any atom is -0.282 e. The van der Waals surface area contributed by atoms with Crippen LogP contribution in [0.2, 0.25) is 0 Å². The summed E-state index contributed by atoms with van der Waals surface area (Å²) in [5.74, 6) is 0. The molecule has 0 bridgehead atoms. The molecule has 0 saturated carbocycles. The van der Waals surface area contributed by atoms with Gasteiger partial charge in [-0.1, -0.05) is 44.0 Å². The van der Waals surface area contributed by atoms with Crippen LogP contribution in [0.5, 0.6) is 0 Å². The maximum Gasteiger partial charge on any atom is 0.113 e. The average molecular weight is 274 g/mol. The van der Waals surface area contributed by atoms with Crippen molar-refractivity contribution >= 4 is 11.0 Å². The van der Waals surface area contributed by atoms with E-state index >= 15 is 0 Å². The summed E-state index contributed by atoms with van der Waals surface area (Å²) in [4.78, 5) is 2.52. The minimum atomic E-state index is 0.264. The highest BCUT2D eigenvalue weighted by molar-refractivity contribution is 5.73. The van der Waals surface area contributed by atoms with Crippen LogP contribution in [0.1, 0.15) is 52.6 Å². The van der Waals surface area contributed by atoms with Crippen LogP contribution in [0, 0.1) is 0 Å². The van der Waals surface area contributed by atoms with Gasteiger partial charge in [0.2, 0.25) is 0 Å². The molecule has 0 radical (unpaired) electrons. The molecule has 110 valence electrons. The van der Waals surface area contributed by atoms with E-state index in [1.165, 1.54) is 25.7 Å². The van der Waals surface area contributed by atoms with Gasteiger partial charge >= 0.3 is 0 Å². The van der Waals surface area contributed by atoms with E-state index in [9.17, 15) is 0 Å². The van der Waals surface area contributed by atoms with E-state index in [0.717, 1.165) is 24.1 Å². The third kappa shape index (κ3) is 3.37. The van der Waals surface area contributed by atoms with Crippen molar-refractivity contribution in [2.45, 2.75) is 52.6 Å². The van der Waals surface area contributed by atoms with Gasteiger partial charge in [0, 0.05) is 13.1 Å². The first-order valence-corrected chi connectivity index (χ1v) is 7.81. The molecule has 1 aromatic heterocycles. The molecule has 0 N–H and O–H groups in total. The first kappa shape index (κ1) is 15.0. The third-order valence-corrected chi connectivity index (χ3v) is 3.86. The summed E-state index contributed by atoms with van der Waals surface area (Å²) in [5, 5.41) is 8.63. The summed E-state index contributed by atoms with van der Waals surface area (Å²) >= 11 is 0. The number of para-hydroxylation sites is 1. The van der Waals surface area contributed by atoms with Gasteiger partial charge in [0.1, 0.15) is 11.7 Å². The van der Waals surface area contributed by atoms with Gasteiger partial charge < -0.3 is 0 Å². The van der Waals surface area contributed by atoms with Crippen LogP contribution in [0.3, 0.4) is 0 Å². The molecule has 1 unspecified atom stereocenters. The third-order valence-electron chi connectivity index (χ3n) is 3.86. The van der Waals surface area contributed by atoms with Crippen molar-refractivity contribution in [3.05, 3.63) is 24.3 Å². The Balaban J connectivity index is 2.18. The summed E-state index contributed by atoms with van der Waals surface area (Å²) in [6, 6.07) is 8.19. The van der Waals surface area contributed by atoms with E-state index in [1.807, 2.05) is 12.1 Å². The molecular formula is C16H26N4. The first-order valence-electron chi connectivity index (χ1n) is 7.81. The molecule has 2 rings (SSSR count). The summed E-state index contributed by atoms with van der Waals surface area (Å²) in [7, 11) is 0. The fourth-order valence-corrected chi connectivity index (χ4v) is 2.53. The molecule has 0 saturated heterocycles. The van der Waals surface area contributed by atoms with Gasteiger partial charge in [-0.2, -0.15) is 0 Å². The molecule has 1 heterocycles. The van der Waals surface area contributed by atoms with Crippen molar-refractivity contribution in [1.29, 1.82) is 0 Å². The number of aromatic nitrogens is 3. The van der Waals surface area contributed by atoms with Gasteiger partial charge in [0.25, 0.3) is 0 Å². The summed E-state index contributed by atoms with van der Waals surface area (Å²) < 4.78 is 2.06. The molecule has 4 heteroatoms. The Bertz CT molecular complexity index is 512. The summed E-state index contributed by atoms with van der Waals surface area (Å²) in [6.07, 6.45) is 5.20. The number of rotatable bonds is 8. The quantitative estimate of drug-likeness (QED) is 0.733. The number of fused-ring (bicyclic) bond motifs is 1. The fourth-order valence-electron chi connectivity index (χ4n) is 2.53. The van der Waals surface area contributed by atoms with Crippen LogP contribution in [0.15, 0.2) is 24.3 Å². The summed E-state index contributed by atoms with van der Waals surface area (Å²) in [6.45, 7) is 8.98. The molecule has 20 heavy (non-hydrogen) atoms. The van der Waals surface area contributed by atoms with E-state index in [1.54, 1.807) is 0 Å².